The highest BCUT2D eigenvalue weighted by Crippen LogP contribution is 2.31. The molecule has 0 bridgehead atoms. The van der Waals surface area contributed by atoms with Crippen LogP contribution >= 0.6 is 0 Å². The number of imide groups is 1. The van der Waals surface area contributed by atoms with Gasteiger partial charge in [0.1, 0.15) is 0 Å². The minimum absolute atomic E-state index is 0.0973. The number of rotatable bonds is 5. The van der Waals surface area contributed by atoms with Crippen LogP contribution in [0.1, 0.15) is 59.5 Å². The third-order valence-corrected chi connectivity index (χ3v) is 5.47. The molecule has 0 aliphatic carbocycles. The van der Waals surface area contributed by atoms with E-state index in [1.165, 1.54) is 25.1 Å². The lowest BCUT2D eigenvalue weighted by molar-refractivity contribution is 0.0318. The molecule has 6 nitrogen and oxygen atoms in total. The number of ketones is 1. The summed E-state index contributed by atoms with van der Waals surface area (Å²) in [6.07, 6.45) is -1.00. The van der Waals surface area contributed by atoms with Crippen molar-refractivity contribution in [2.24, 2.45) is 0 Å². The minimum Gasteiger partial charge on any atom is -0.451 e. The van der Waals surface area contributed by atoms with Gasteiger partial charge in [0.15, 0.2) is 6.10 Å². The van der Waals surface area contributed by atoms with Crippen LogP contribution in [0.25, 0.3) is 0 Å². The molecule has 0 saturated carbocycles. The molecule has 0 spiro atoms. The second kappa shape index (κ2) is 8.23. The van der Waals surface area contributed by atoms with E-state index < -0.39 is 23.9 Å². The van der Waals surface area contributed by atoms with Gasteiger partial charge in [0.25, 0.3) is 11.8 Å². The van der Waals surface area contributed by atoms with Crippen molar-refractivity contribution in [2.75, 3.05) is 4.90 Å². The molecule has 1 heterocycles. The summed E-state index contributed by atoms with van der Waals surface area (Å²) in [5.41, 5.74) is 3.19. The van der Waals surface area contributed by atoms with Crippen LogP contribution in [-0.4, -0.2) is 29.7 Å². The SMILES string of the molecule is Cc1ccc(C(=O)[C@@H](C)OC(=O)c2ccc3c(c2)C(=O)N(c2ccccc2C)C3=O)cc1. The highest BCUT2D eigenvalue weighted by molar-refractivity contribution is 6.35. The molecule has 3 aromatic rings. The summed E-state index contributed by atoms with van der Waals surface area (Å²) < 4.78 is 5.34. The molecule has 0 fully saturated rings. The summed E-state index contributed by atoms with van der Waals surface area (Å²) in [5.74, 6) is -2.01. The van der Waals surface area contributed by atoms with Gasteiger partial charge in [-0.05, 0) is 50.6 Å². The first-order chi connectivity index (χ1) is 15.3. The van der Waals surface area contributed by atoms with E-state index in [0.29, 0.717) is 11.3 Å². The standard InChI is InChI=1S/C26H21NO5/c1-15-8-10-18(11-9-15)23(28)17(3)32-26(31)19-12-13-20-21(14-19)25(30)27(24(20)29)22-7-5-4-6-16(22)2/h4-14,17H,1-3H3/t17-/m1/s1. The molecule has 1 atom stereocenters. The van der Waals surface area contributed by atoms with E-state index in [1.54, 1.807) is 24.3 Å². The second-order valence-corrected chi connectivity index (χ2v) is 7.77. The number of nitrogens with zero attached hydrogens (tertiary/aromatic N) is 1. The Kier molecular flexibility index (Phi) is 5.45. The van der Waals surface area contributed by atoms with Crippen LogP contribution < -0.4 is 4.90 Å². The van der Waals surface area contributed by atoms with Gasteiger partial charge in [-0.1, -0.05) is 48.0 Å². The van der Waals surface area contributed by atoms with Gasteiger partial charge in [-0.15, -0.1) is 0 Å². The maximum absolute atomic E-state index is 13.0. The Balaban J connectivity index is 1.55. The van der Waals surface area contributed by atoms with Crippen molar-refractivity contribution in [2.45, 2.75) is 26.9 Å². The number of Topliss-reactive ketones (excluding diaryl/α,β-unsaturated/α-hetero) is 1. The van der Waals surface area contributed by atoms with Crippen LogP contribution in [0.2, 0.25) is 0 Å². The number of carbonyl (C=O) groups is 4. The Bertz CT molecular complexity index is 1260. The van der Waals surface area contributed by atoms with Gasteiger partial charge < -0.3 is 4.74 Å². The summed E-state index contributed by atoms with van der Waals surface area (Å²) in [4.78, 5) is 52.1. The molecule has 0 saturated heterocycles. The first kappa shape index (κ1) is 21.2. The van der Waals surface area contributed by atoms with Crippen molar-refractivity contribution >= 4 is 29.3 Å². The Morgan fingerprint density at radius 3 is 2.12 bits per heavy atom. The first-order valence-corrected chi connectivity index (χ1v) is 10.2. The zero-order valence-corrected chi connectivity index (χ0v) is 17.9. The number of hydrogen-bond donors (Lipinski definition) is 0. The van der Waals surface area contributed by atoms with E-state index in [2.05, 4.69) is 0 Å². The van der Waals surface area contributed by atoms with Gasteiger partial charge in [-0.2, -0.15) is 0 Å². The lowest BCUT2D eigenvalue weighted by Crippen LogP contribution is -2.29. The fourth-order valence-corrected chi connectivity index (χ4v) is 3.64. The quantitative estimate of drug-likeness (QED) is 0.339. The Labute approximate surface area is 185 Å². The van der Waals surface area contributed by atoms with Crippen LogP contribution in [0.5, 0.6) is 0 Å². The third-order valence-electron chi connectivity index (χ3n) is 5.47. The topological polar surface area (TPSA) is 80.8 Å². The van der Waals surface area contributed by atoms with Gasteiger partial charge in [0, 0.05) is 5.56 Å². The van der Waals surface area contributed by atoms with Crippen LogP contribution in [0.3, 0.4) is 0 Å². The Hall–Kier alpha value is -4.06. The van der Waals surface area contributed by atoms with E-state index >= 15 is 0 Å². The highest BCUT2D eigenvalue weighted by Gasteiger charge is 2.38. The van der Waals surface area contributed by atoms with E-state index in [4.69, 9.17) is 4.74 Å². The zero-order chi connectivity index (χ0) is 23.0. The summed E-state index contributed by atoms with van der Waals surface area (Å²) >= 11 is 0. The van der Waals surface area contributed by atoms with Gasteiger partial charge in [-0.25, -0.2) is 9.69 Å². The van der Waals surface area contributed by atoms with Crippen LogP contribution in [0.4, 0.5) is 5.69 Å². The molecule has 32 heavy (non-hydrogen) atoms. The van der Waals surface area contributed by atoms with E-state index in [0.717, 1.165) is 16.0 Å². The summed E-state index contributed by atoms with van der Waals surface area (Å²) in [7, 11) is 0. The second-order valence-electron chi connectivity index (χ2n) is 7.77. The molecular weight excluding hydrogens is 406 g/mol. The number of fused-ring (bicyclic) bond motifs is 1. The number of amides is 2. The van der Waals surface area contributed by atoms with Crippen molar-refractivity contribution in [1.29, 1.82) is 0 Å². The number of anilines is 1. The van der Waals surface area contributed by atoms with E-state index in [1.807, 2.05) is 38.1 Å². The molecule has 1 aliphatic rings. The number of hydrogen-bond acceptors (Lipinski definition) is 5. The molecule has 0 unspecified atom stereocenters. The van der Waals surface area contributed by atoms with E-state index in [-0.39, 0.29) is 22.5 Å². The lowest BCUT2D eigenvalue weighted by atomic mass is 10.0. The van der Waals surface area contributed by atoms with Crippen molar-refractivity contribution in [3.8, 4) is 0 Å². The monoisotopic (exact) mass is 427 g/mol. The third kappa shape index (κ3) is 3.71. The summed E-state index contributed by atoms with van der Waals surface area (Å²) in [6, 6.07) is 18.3. The predicted octanol–water partition coefficient (Wildman–Crippen LogP) is 4.53. The number of ether oxygens (including phenoxy) is 1. The van der Waals surface area contributed by atoms with Gasteiger partial charge in [-0.3, -0.25) is 14.4 Å². The Morgan fingerprint density at radius 1 is 0.812 bits per heavy atom. The number of para-hydroxylation sites is 1. The average Bonchev–Trinajstić information content (AvgIpc) is 3.03. The van der Waals surface area contributed by atoms with Gasteiger partial charge >= 0.3 is 5.97 Å². The average molecular weight is 427 g/mol. The molecule has 6 heteroatoms. The number of esters is 1. The maximum atomic E-state index is 13.0. The fraction of sp³-hybridized carbons (Fsp3) is 0.154. The smallest absolute Gasteiger partial charge is 0.338 e. The van der Waals surface area contributed by atoms with Crippen molar-refractivity contribution in [3.63, 3.8) is 0 Å². The molecule has 0 radical (unpaired) electrons. The summed E-state index contributed by atoms with van der Waals surface area (Å²) in [5, 5.41) is 0. The van der Waals surface area contributed by atoms with Crippen molar-refractivity contribution in [1.82, 2.24) is 0 Å². The molecule has 4 rings (SSSR count). The first-order valence-electron chi connectivity index (χ1n) is 10.2. The van der Waals surface area contributed by atoms with Gasteiger partial charge in [0.2, 0.25) is 5.78 Å². The molecule has 0 N–H and O–H groups in total. The largest absolute Gasteiger partial charge is 0.451 e. The molecule has 3 aromatic carbocycles. The zero-order valence-electron chi connectivity index (χ0n) is 17.9. The van der Waals surface area contributed by atoms with Crippen LogP contribution in [-0.2, 0) is 4.74 Å². The fourth-order valence-electron chi connectivity index (χ4n) is 3.64. The number of aryl methyl sites for hydroxylation is 2. The van der Waals surface area contributed by atoms with Crippen molar-refractivity contribution in [3.05, 3.63) is 100 Å². The minimum atomic E-state index is -1.00. The maximum Gasteiger partial charge on any atom is 0.338 e. The normalized spacial score (nSPS) is 13.7. The van der Waals surface area contributed by atoms with Crippen LogP contribution in [0, 0.1) is 13.8 Å². The van der Waals surface area contributed by atoms with E-state index in [9.17, 15) is 19.2 Å². The van der Waals surface area contributed by atoms with Gasteiger partial charge in [0.05, 0.1) is 22.4 Å². The number of benzene rings is 3. The predicted molar refractivity (Wildman–Crippen MR) is 119 cm³/mol. The molecule has 0 aromatic heterocycles. The molecular formula is C26H21NO5. The van der Waals surface area contributed by atoms with Crippen molar-refractivity contribution < 1.29 is 23.9 Å². The molecule has 160 valence electrons. The number of carbonyl (C=O) groups excluding carboxylic acids is 4. The lowest BCUT2D eigenvalue weighted by Gasteiger charge is -2.16. The van der Waals surface area contributed by atoms with Crippen LogP contribution in [0.15, 0.2) is 66.7 Å². The molecule has 2 amide bonds. The summed E-state index contributed by atoms with van der Waals surface area (Å²) in [6.45, 7) is 5.23. The highest BCUT2D eigenvalue weighted by atomic mass is 16.5. The Morgan fingerprint density at radius 2 is 1.44 bits per heavy atom. The molecule has 1 aliphatic heterocycles.